The molecule has 0 unspecified atom stereocenters. The van der Waals surface area contributed by atoms with Crippen LogP contribution in [-0.2, 0) is 14.3 Å². The summed E-state index contributed by atoms with van der Waals surface area (Å²) in [5, 5.41) is 10.0. The van der Waals surface area contributed by atoms with Crippen molar-refractivity contribution in [3.63, 3.8) is 0 Å². The van der Waals surface area contributed by atoms with Crippen LogP contribution in [0.2, 0.25) is 0 Å². The van der Waals surface area contributed by atoms with Crippen molar-refractivity contribution in [3.8, 4) is 0 Å². The Morgan fingerprint density at radius 3 is 2.42 bits per heavy atom. The Balaban J connectivity index is 2.45. The largest absolute Gasteiger partial charge is 0.507 e. The average Bonchev–Trinajstić information content (AvgIpc) is 2.41. The summed E-state index contributed by atoms with van der Waals surface area (Å²) in [5.74, 6) is -2.55. The van der Waals surface area contributed by atoms with E-state index in [9.17, 15) is 19.5 Å². The van der Waals surface area contributed by atoms with Gasteiger partial charge in [-0.1, -0.05) is 24.3 Å². The van der Waals surface area contributed by atoms with Crippen LogP contribution in [0.5, 0.6) is 0 Å². The van der Waals surface area contributed by atoms with Crippen molar-refractivity contribution in [1.29, 1.82) is 0 Å². The summed E-state index contributed by atoms with van der Waals surface area (Å²) in [6, 6.07) is 6.24. The first-order chi connectivity index (χ1) is 9.06. The molecule has 0 heterocycles. The van der Waals surface area contributed by atoms with E-state index in [4.69, 9.17) is 4.74 Å². The maximum absolute atomic E-state index is 11.9. The van der Waals surface area contributed by atoms with Crippen LogP contribution < -0.4 is 0 Å². The highest BCUT2D eigenvalue weighted by Gasteiger charge is 2.33. The number of carbonyl (C=O) groups excluding carboxylic acids is 3. The van der Waals surface area contributed by atoms with Crippen LogP contribution in [0.15, 0.2) is 29.8 Å². The van der Waals surface area contributed by atoms with E-state index in [2.05, 4.69) is 0 Å². The highest BCUT2D eigenvalue weighted by atomic mass is 16.5. The minimum atomic E-state index is -0.857. The van der Waals surface area contributed by atoms with Gasteiger partial charge in [0.15, 0.2) is 0 Å². The minimum absolute atomic E-state index is 0.151. The van der Waals surface area contributed by atoms with Crippen LogP contribution in [0.4, 0.5) is 0 Å². The Bertz CT molecular complexity index is 598. The van der Waals surface area contributed by atoms with Gasteiger partial charge in [0.25, 0.3) is 0 Å². The van der Waals surface area contributed by atoms with Crippen LogP contribution in [-0.4, -0.2) is 29.2 Å². The van der Waals surface area contributed by atoms with Gasteiger partial charge in [0.1, 0.15) is 5.76 Å². The number of hydrogen-bond donors (Lipinski definition) is 1. The molecule has 0 saturated heterocycles. The molecule has 0 fully saturated rings. The van der Waals surface area contributed by atoms with Crippen LogP contribution in [0.25, 0.3) is 5.76 Å². The van der Waals surface area contributed by atoms with Crippen molar-refractivity contribution in [2.45, 2.75) is 13.3 Å². The Morgan fingerprint density at radius 1 is 1.16 bits per heavy atom. The minimum Gasteiger partial charge on any atom is -0.507 e. The van der Waals surface area contributed by atoms with Gasteiger partial charge in [0.2, 0.25) is 11.6 Å². The monoisotopic (exact) mass is 260 g/mol. The summed E-state index contributed by atoms with van der Waals surface area (Å²) in [4.78, 5) is 35.1. The van der Waals surface area contributed by atoms with Crippen LogP contribution in [0.1, 0.15) is 29.3 Å². The first kappa shape index (κ1) is 13.0. The molecule has 0 spiro atoms. The van der Waals surface area contributed by atoms with E-state index in [0.717, 1.165) is 0 Å². The zero-order valence-corrected chi connectivity index (χ0v) is 10.3. The fourth-order valence-corrected chi connectivity index (χ4v) is 1.94. The number of carbonyl (C=O) groups is 3. The van der Waals surface area contributed by atoms with Crippen molar-refractivity contribution in [2.24, 2.45) is 0 Å². The molecule has 1 N–H and O–H groups in total. The lowest BCUT2D eigenvalue weighted by molar-refractivity contribution is -0.142. The molecule has 19 heavy (non-hydrogen) atoms. The summed E-state index contributed by atoms with van der Waals surface area (Å²) >= 11 is 0. The highest BCUT2D eigenvalue weighted by molar-refractivity contribution is 6.52. The third-order valence-corrected chi connectivity index (χ3v) is 2.82. The molecule has 0 amide bonds. The number of fused-ring (bicyclic) bond motifs is 1. The lowest BCUT2D eigenvalue weighted by Crippen LogP contribution is -2.25. The quantitative estimate of drug-likeness (QED) is 0.660. The number of aliphatic hydroxyl groups excluding tert-OH is 1. The summed E-state index contributed by atoms with van der Waals surface area (Å²) in [7, 11) is 0. The maximum atomic E-state index is 11.9. The molecule has 98 valence electrons. The first-order valence-electron chi connectivity index (χ1n) is 5.82. The Hall–Kier alpha value is -2.43. The standard InChI is InChI=1S/C14H12O5/c1-2-19-11(15)7-10-12(16)8-5-3-4-6-9(8)13(17)14(10)18/h3-6,16H,2,7H2,1H3. The van der Waals surface area contributed by atoms with Crippen molar-refractivity contribution < 1.29 is 24.2 Å². The predicted octanol–water partition coefficient (Wildman–Crippen LogP) is 1.67. The molecular weight excluding hydrogens is 248 g/mol. The van der Waals surface area contributed by atoms with Crippen molar-refractivity contribution >= 4 is 23.3 Å². The number of aliphatic hydroxyl groups is 1. The molecule has 1 aromatic rings. The number of esters is 1. The molecule has 0 radical (unpaired) electrons. The number of hydrogen-bond acceptors (Lipinski definition) is 5. The fraction of sp³-hybridized carbons (Fsp3) is 0.214. The van der Waals surface area contributed by atoms with Crippen LogP contribution in [0, 0.1) is 0 Å². The molecule has 1 aliphatic rings. The number of rotatable bonds is 3. The summed E-state index contributed by atoms with van der Waals surface area (Å²) in [6.45, 7) is 1.81. The molecule has 2 rings (SSSR count). The second kappa shape index (κ2) is 5.06. The van der Waals surface area contributed by atoms with Crippen LogP contribution in [0.3, 0.4) is 0 Å². The maximum Gasteiger partial charge on any atom is 0.310 e. The van der Waals surface area contributed by atoms with E-state index in [1.165, 1.54) is 12.1 Å². The lowest BCUT2D eigenvalue weighted by Gasteiger charge is -2.17. The summed E-state index contributed by atoms with van der Waals surface area (Å²) in [5.41, 5.74) is 0.214. The second-order valence-electron chi connectivity index (χ2n) is 4.01. The number of ketones is 2. The van der Waals surface area contributed by atoms with Gasteiger partial charge < -0.3 is 9.84 Å². The van der Waals surface area contributed by atoms with E-state index in [1.807, 2.05) is 0 Å². The predicted molar refractivity (Wildman–Crippen MR) is 66.6 cm³/mol. The van der Waals surface area contributed by atoms with E-state index in [1.54, 1.807) is 19.1 Å². The summed E-state index contributed by atoms with van der Waals surface area (Å²) < 4.78 is 4.72. The zero-order chi connectivity index (χ0) is 14.0. The second-order valence-corrected chi connectivity index (χ2v) is 4.01. The Kier molecular flexibility index (Phi) is 3.46. The van der Waals surface area contributed by atoms with Crippen molar-refractivity contribution in [1.82, 2.24) is 0 Å². The first-order valence-corrected chi connectivity index (χ1v) is 5.82. The molecule has 0 saturated carbocycles. The number of benzene rings is 1. The van der Waals surface area contributed by atoms with E-state index in [0.29, 0.717) is 0 Å². The topological polar surface area (TPSA) is 80.7 Å². The van der Waals surface area contributed by atoms with Gasteiger partial charge in [0, 0.05) is 11.1 Å². The molecular formula is C14H12O5. The molecule has 1 aromatic carbocycles. The molecule has 0 bridgehead atoms. The van der Waals surface area contributed by atoms with E-state index < -0.39 is 24.0 Å². The van der Waals surface area contributed by atoms with E-state index in [-0.39, 0.29) is 29.1 Å². The number of Topliss-reactive ketones (excluding diaryl/α,β-unsaturated/α-hetero) is 2. The zero-order valence-electron chi connectivity index (χ0n) is 10.3. The Morgan fingerprint density at radius 2 is 1.79 bits per heavy atom. The van der Waals surface area contributed by atoms with Crippen LogP contribution >= 0.6 is 0 Å². The molecule has 0 atom stereocenters. The lowest BCUT2D eigenvalue weighted by atomic mass is 9.87. The fourth-order valence-electron chi connectivity index (χ4n) is 1.94. The van der Waals surface area contributed by atoms with Crippen molar-refractivity contribution in [2.75, 3.05) is 6.61 Å². The molecule has 5 nitrogen and oxygen atoms in total. The van der Waals surface area contributed by atoms with Crippen molar-refractivity contribution in [3.05, 3.63) is 41.0 Å². The SMILES string of the molecule is CCOC(=O)CC1=C(O)c2ccccc2C(=O)C1=O. The summed E-state index contributed by atoms with van der Waals surface area (Å²) in [6.07, 6.45) is -0.404. The van der Waals surface area contributed by atoms with Gasteiger partial charge in [0.05, 0.1) is 18.6 Å². The van der Waals surface area contributed by atoms with Gasteiger partial charge in [-0.05, 0) is 6.92 Å². The third kappa shape index (κ3) is 2.27. The third-order valence-electron chi connectivity index (χ3n) is 2.82. The van der Waals surface area contributed by atoms with Gasteiger partial charge in [-0.2, -0.15) is 0 Å². The molecule has 0 aliphatic heterocycles. The normalized spacial score (nSPS) is 14.4. The smallest absolute Gasteiger partial charge is 0.310 e. The van der Waals surface area contributed by atoms with Gasteiger partial charge in [-0.3, -0.25) is 14.4 Å². The average molecular weight is 260 g/mol. The van der Waals surface area contributed by atoms with Gasteiger partial charge in [-0.25, -0.2) is 0 Å². The van der Waals surface area contributed by atoms with Gasteiger partial charge >= 0.3 is 5.97 Å². The number of ether oxygens (including phenoxy) is 1. The van der Waals surface area contributed by atoms with Gasteiger partial charge in [-0.15, -0.1) is 0 Å². The molecule has 5 heteroatoms. The highest BCUT2D eigenvalue weighted by Crippen LogP contribution is 2.29. The molecule has 0 aromatic heterocycles. The Labute approximate surface area is 109 Å². The molecule has 1 aliphatic carbocycles. The van der Waals surface area contributed by atoms with E-state index >= 15 is 0 Å².